The lowest BCUT2D eigenvalue weighted by molar-refractivity contribution is -0.120. The number of benzene rings is 1. The number of hydrogen-bond donors (Lipinski definition) is 3. The third-order valence-corrected chi connectivity index (χ3v) is 1.79. The van der Waals surface area contributed by atoms with E-state index in [0.29, 0.717) is 5.56 Å². The van der Waals surface area contributed by atoms with Gasteiger partial charge in [0, 0.05) is 0 Å². The van der Waals surface area contributed by atoms with Gasteiger partial charge < -0.3 is 15.5 Å². The van der Waals surface area contributed by atoms with E-state index in [9.17, 15) is 9.90 Å². The average molecular weight is 205 g/mol. The zero-order valence-corrected chi connectivity index (χ0v) is 8.03. The number of aromatic hydroxyl groups is 2. The number of hydrogen-bond acceptors (Lipinski definition) is 3. The van der Waals surface area contributed by atoms with E-state index in [4.69, 9.17) is 11.5 Å². The van der Waals surface area contributed by atoms with Crippen molar-refractivity contribution in [3.05, 3.63) is 23.8 Å². The number of rotatable bonds is 3. The Kier molecular flexibility index (Phi) is 3.58. The summed E-state index contributed by atoms with van der Waals surface area (Å²) in [7, 11) is 0. The Balaban J connectivity index is 2.62. The van der Waals surface area contributed by atoms with Crippen molar-refractivity contribution < 1.29 is 15.0 Å². The van der Waals surface area contributed by atoms with Gasteiger partial charge in [-0.25, -0.2) is 0 Å². The van der Waals surface area contributed by atoms with Crippen molar-refractivity contribution in [3.63, 3.8) is 0 Å². The van der Waals surface area contributed by atoms with E-state index in [2.05, 4.69) is 11.2 Å². The molecule has 0 bridgehead atoms. The SMILES string of the molecule is C#CCNC(=O)Cc1ccc(O)c(O)c1. The van der Waals surface area contributed by atoms with E-state index < -0.39 is 0 Å². The predicted molar refractivity (Wildman–Crippen MR) is 55.3 cm³/mol. The van der Waals surface area contributed by atoms with Crippen LogP contribution in [0.15, 0.2) is 18.2 Å². The first-order chi connectivity index (χ1) is 7.13. The number of phenols is 2. The Morgan fingerprint density at radius 3 is 2.73 bits per heavy atom. The fourth-order valence-electron chi connectivity index (χ4n) is 1.08. The molecule has 0 aliphatic rings. The van der Waals surface area contributed by atoms with Crippen LogP contribution in [0.4, 0.5) is 0 Å². The summed E-state index contributed by atoms with van der Waals surface area (Å²) in [6.45, 7) is 0.183. The molecule has 0 fully saturated rings. The number of carbonyl (C=O) groups is 1. The van der Waals surface area contributed by atoms with Crippen LogP contribution in [0.3, 0.4) is 0 Å². The topological polar surface area (TPSA) is 69.6 Å². The molecule has 1 aromatic rings. The van der Waals surface area contributed by atoms with Gasteiger partial charge in [-0.3, -0.25) is 4.79 Å². The second-order valence-corrected chi connectivity index (χ2v) is 2.98. The standard InChI is InChI=1S/C11H11NO3/c1-2-5-12-11(15)7-8-3-4-9(13)10(14)6-8/h1,3-4,6,13-14H,5,7H2,(H,12,15). The van der Waals surface area contributed by atoms with Gasteiger partial charge in [0.2, 0.25) is 5.91 Å². The number of nitrogens with one attached hydrogen (secondary N) is 1. The first-order valence-electron chi connectivity index (χ1n) is 4.34. The fourth-order valence-corrected chi connectivity index (χ4v) is 1.08. The zero-order valence-electron chi connectivity index (χ0n) is 8.03. The molecule has 0 radical (unpaired) electrons. The highest BCUT2D eigenvalue weighted by atomic mass is 16.3. The Morgan fingerprint density at radius 2 is 2.13 bits per heavy atom. The van der Waals surface area contributed by atoms with Gasteiger partial charge in [0.25, 0.3) is 0 Å². The first-order valence-corrected chi connectivity index (χ1v) is 4.34. The molecule has 0 saturated carbocycles. The molecular weight excluding hydrogens is 194 g/mol. The lowest BCUT2D eigenvalue weighted by Crippen LogP contribution is -2.25. The van der Waals surface area contributed by atoms with Gasteiger partial charge in [-0.1, -0.05) is 12.0 Å². The highest BCUT2D eigenvalue weighted by Crippen LogP contribution is 2.24. The number of carbonyl (C=O) groups excluding carboxylic acids is 1. The van der Waals surface area contributed by atoms with Gasteiger partial charge in [0.05, 0.1) is 13.0 Å². The van der Waals surface area contributed by atoms with Gasteiger partial charge >= 0.3 is 0 Å². The number of phenolic OH excluding ortho intramolecular Hbond substituents is 2. The van der Waals surface area contributed by atoms with Crippen LogP contribution in [0.5, 0.6) is 11.5 Å². The van der Waals surface area contributed by atoms with Crippen LogP contribution in [0.2, 0.25) is 0 Å². The summed E-state index contributed by atoms with van der Waals surface area (Å²) in [5.41, 5.74) is 0.611. The monoisotopic (exact) mass is 205 g/mol. The maximum absolute atomic E-state index is 11.2. The molecule has 0 aliphatic carbocycles. The lowest BCUT2D eigenvalue weighted by atomic mass is 10.1. The quantitative estimate of drug-likeness (QED) is 0.494. The molecule has 0 atom stereocenters. The minimum Gasteiger partial charge on any atom is -0.504 e. The molecule has 1 rings (SSSR count). The third kappa shape index (κ3) is 3.24. The van der Waals surface area contributed by atoms with Gasteiger partial charge in [0.15, 0.2) is 11.5 Å². The molecule has 4 nitrogen and oxygen atoms in total. The largest absolute Gasteiger partial charge is 0.504 e. The fraction of sp³-hybridized carbons (Fsp3) is 0.182. The van der Waals surface area contributed by atoms with E-state index >= 15 is 0 Å². The minimum atomic E-state index is -0.239. The molecule has 1 amide bonds. The second-order valence-electron chi connectivity index (χ2n) is 2.98. The Morgan fingerprint density at radius 1 is 1.40 bits per heavy atom. The van der Waals surface area contributed by atoms with Crippen molar-refractivity contribution >= 4 is 5.91 Å². The van der Waals surface area contributed by atoms with Crippen molar-refractivity contribution in [2.75, 3.05) is 6.54 Å². The molecule has 78 valence electrons. The maximum Gasteiger partial charge on any atom is 0.225 e. The van der Waals surface area contributed by atoms with Crippen LogP contribution < -0.4 is 5.32 Å². The summed E-state index contributed by atoms with van der Waals surface area (Å²) < 4.78 is 0. The van der Waals surface area contributed by atoms with Crippen LogP contribution in [-0.4, -0.2) is 22.7 Å². The van der Waals surface area contributed by atoms with Gasteiger partial charge in [-0.15, -0.1) is 6.42 Å². The van der Waals surface area contributed by atoms with Crippen molar-refractivity contribution in [2.45, 2.75) is 6.42 Å². The summed E-state index contributed by atoms with van der Waals surface area (Å²) in [6, 6.07) is 4.23. The molecule has 0 aliphatic heterocycles. The molecular formula is C11H11NO3. The molecule has 0 heterocycles. The molecule has 15 heavy (non-hydrogen) atoms. The summed E-state index contributed by atoms with van der Waals surface area (Å²) in [6.07, 6.45) is 5.10. The second kappa shape index (κ2) is 4.91. The molecule has 3 N–H and O–H groups in total. The molecule has 4 heteroatoms. The summed E-state index contributed by atoms with van der Waals surface area (Å²) in [5, 5.41) is 20.7. The zero-order chi connectivity index (χ0) is 11.3. The lowest BCUT2D eigenvalue weighted by Gasteiger charge is -2.03. The van der Waals surface area contributed by atoms with Gasteiger partial charge in [-0.2, -0.15) is 0 Å². The van der Waals surface area contributed by atoms with Crippen LogP contribution in [-0.2, 0) is 11.2 Å². The van der Waals surface area contributed by atoms with Crippen molar-refractivity contribution in [2.24, 2.45) is 0 Å². The van der Waals surface area contributed by atoms with Crippen LogP contribution in [0.25, 0.3) is 0 Å². The van der Waals surface area contributed by atoms with Crippen LogP contribution in [0, 0.1) is 12.3 Å². The Hall–Kier alpha value is -2.15. The smallest absolute Gasteiger partial charge is 0.225 e. The highest BCUT2D eigenvalue weighted by Gasteiger charge is 2.05. The van der Waals surface area contributed by atoms with E-state index in [0.717, 1.165) is 0 Å². The van der Waals surface area contributed by atoms with Crippen molar-refractivity contribution in [1.82, 2.24) is 5.32 Å². The van der Waals surface area contributed by atoms with Crippen molar-refractivity contribution in [1.29, 1.82) is 0 Å². The van der Waals surface area contributed by atoms with E-state index in [1.807, 2.05) is 0 Å². The summed E-state index contributed by atoms with van der Waals surface area (Å²) in [5.74, 6) is 1.62. The van der Waals surface area contributed by atoms with Crippen LogP contribution >= 0.6 is 0 Å². The predicted octanol–water partition coefficient (Wildman–Crippen LogP) is 0.390. The van der Waals surface area contributed by atoms with Gasteiger partial charge in [0.1, 0.15) is 0 Å². The van der Waals surface area contributed by atoms with Crippen LogP contribution in [0.1, 0.15) is 5.56 Å². The minimum absolute atomic E-state index is 0.121. The number of terminal acetylenes is 1. The van der Waals surface area contributed by atoms with Crippen molar-refractivity contribution in [3.8, 4) is 23.8 Å². The average Bonchev–Trinajstić information content (AvgIpc) is 2.20. The normalized spacial score (nSPS) is 9.27. The molecule has 0 saturated heterocycles. The van der Waals surface area contributed by atoms with E-state index in [1.54, 1.807) is 6.07 Å². The molecule has 0 spiro atoms. The highest BCUT2D eigenvalue weighted by molar-refractivity contribution is 5.79. The molecule has 0 aromatic heterocycles. The van der Waals surface area contributed by atoms with E-state index in [1.165, 1.54) is 12.1 Å². The molecule has 0 unspecified atom stereocenters. The number of amides is 1. The Bertz CT molecular complexity index is 407. The maximum atomic E-state index is 11.2. The third-order valence-electron chi connectivity index (χ3n) is 1.79. The van der Waals surface area contributed by atoms with E-state index in [-0.39, 0.29) is 30.4 Å². The first kappa shape index (κ1) is 10.9. The Labute approximate surface area is 87.6 Å². The summed E-state index contributed by atoms with van der Waals surface area (Å²) >= 11 is 0. The van der Waals surface area contributed by atoms with Gasteiger partial charge in [-0.05, 0) is 17.7 Å². The summed E-state index contributed by atoms with van der Waals surface area (Å²) in [4.78, 5) is 11.2. The molecule has 1 aromatic carbocycles.